The SMILES string of the molecule is COc1cc(-c2cc(OC)cc(C(C)(C)C)c2OC(=O)OC(C)(C)C)c(OPOc2c(C)cc(C)cc2-c2cc(C)cc(C)c2O)c(C(C)(C)C)c1. The van der Waals surface area contributed by atoms with Gasteiger partial charge in [0.05, 0.1) is 14.2 Å². The Morgan fingerprint density at radius 1 is 0.577 bits per heavy atom. The Kier molecular flexibility index (Phi) is 11.9. The van der Waals surface area contributed by atoms with Crippen LogP contribution in [0.2, 0.25) is 0 Å². The molecule has 0 aliphatic carbocycles. The predicted molar refractivity (Wildman–Crippen MR) is 211 cm³/mol. The van der Waals surface area contributed by atoms with Crippen LogP contribution in [0.25, 0.3) is 22.3 Å². The third-order valence-electron chi connectivity index (χ3n) is 8.52. The van der Waals surface area contributed by atoms with Crippen LogP contribution in [0.3, 0.4) is 0 Å². The highest BCUT2D eigenvalue weighted by Crippen LogP contribution is 2.51. The molecule has 1 unspecified atom stereocenters. The number of carbonyl (C=O) groups is 1. The Labute approximate surface area is 311 Å². The zero-order valence-corrected chi connectivity index (χ0v) is 34.4. The average molecular weight is 731 g/mol. The number of methoxy groups -OCH3 is 2. The monoisotopic (exact) mass is 730 g/mol. The number of benzene rings is 4. The van der Waals surface area contributed by atoms with Crippen LogP contribution < -0.4 is 23.3 Å². The largest absolute Gasteiger partial charge is 0.514 e. The van der Waals surface area contributed by atoms with Crippen molar-refractivity contribution in [3.63, 3.8) is 0 Å². The van der Waals surface area contributed by atoms with E-state index in [1.807, 2.05) is 97.0 Å². The summed E-state index contributed by atoms with van der Waals surface area (Å²) >= 11 is 0. The third-order valence-corrected chi connectivity index (χ3v) is 9.09. The maximum atomic E-state index is 13.3. The minimum atomic E-state index is -0.826. The third kappa shape index (κ3) is 9.32. The molecule has 0 radical (unpaired) electrons. The standard InChI is InChI=1S/C43H55O8P/c1-24-16-26(3)36(44)30(18-24)31-19-25(2)17-27(4)37(31)50-52-51-39-33(21-29(47-15)23-35(39)42(8,9)10)32-20-28(46-14)22-34(41(5,6)7)38(32)48-40(45)49-43(11,12)13/h16-23,44,52H,1-15H3. The molecular formula is C43H55O8P. The van der Waals surface area contributed by atoms with Crippen molar-refractivity contribution in [2.75, 3.05) is 14.2 Å². The minimum absolute atomic E-state index is 0.211. The smallest absolute Gasteiger partial charge is 0.507 e. The molecule has 4 rings (SSSR count). The highest BCUT2D eigenvalue weighted by Gasteiger charge is 2.32. The van der Waals surface area contributed by atoms with Crippen LogP contribution in [0, 0.1) is 27.7 Å². The fourth-order valence-electron chi connectivity index (χ4n) is 6.09. The van der Waals surface area contributed by atoms with Crippen molar-refractivity contribution in [2.45, 2.75) is 106 Å². The normalized spacial score (nSPS) is 12.2. The van der Waals surface area contributed by atoms with Gasteiger partial charge in [-0.3, -0.25) is 0 Å². The van der Waals surface area contributed by atoms with Crippen molar-refractivity contribution in [3.05, 3.63) is 81.9 Å². The Hall–Kier alpha value is -4.42. The second kappa shape index (κ2) is 15.3. The first-order valence-corrected chi connectivity index (χ1v) is 18.2. The summed E-state index contributed by atoms with van der Waals surface area (Å²) < 4.78 is 36.6. The minimum Gasteiger partial charge on any atom is -0.507 e. The van der Waals surface area contributed by atoms with Gasteiger partial charge >= 0.3 is 6.16 Å². The van der Waals surface area contributed by atoms with Gasteiger partial charge in [0.25, 0.3) is 9.03 Å². The molecule has 280 valence electrons. The van der Waals surface area contributed by atoms with Gasteiger partial charge in [-0.05, 0) is 118 Å². The first kappa shape index (κ1) is 40.4. The highest BCUT2D eigenvalue weighted by molar-refractivity contribution is 7.27. The first-order valence-electron chi connectivity index (χ1n) is 17.4. The van der Waals surface area contributed by atoms with E-state index in [1.54, 1.807) is 35.0 Å². The number of rotatable bonds is 9. The van der Waals surface area contributed by atoms with E-state index >= 15 is 0 Å². The van der Waals surface area contributed by atoms with Crippen molar-refractivity contribution in [2.24, 2.45) is 0 Å². The molecule has 0 aromatic heterocycles. The molecule has 0 bridgehead atoms. The van der Waals surface area contributed by atoms with E-state index in [2.05, 4.69) is 20.8 Å². The molecule has 1 atom stereocenters. The number of phenols is 1. The quantitative estimate of drug-likeness (QED) is 0.103. The lowest BCUT2D eigenvalue weighted by atomic mass is 9.81. The number of aryl methyl sites for hydroxylation is 4. The van der Waals surface area contributed by atoms with Crippen molar-refractivity contribution in [1.29, 1.82) is 0 Å². The van der Waals surface area contributed by atoms with Crippen molar-refractivity contribution < 1.29 is 37.9 Å². The molecule has 0 aliphatic rings. The Bertz CT molecular complexity index is 1960. The fraction of sp³-hybridized carbons (Fsp3) is 0.419. The number of aromatic hydroxyl groups is 1. The lowest BCUT2D eigenvalue weighted by Crippen LogP contribution is -2.27. The van der Waals surface area contributed by atoms with Crippen molar-refractivity contribution in [1.82, 2.24) is 0 Å². The summed E-state index contributed by atoms with van der Waals surface area (Å²) in [6.07, 6.45) is -0.826. The van der Waals surface area contributed by atoms with E-state index in [0.29, 0.717) is 45.4 Å². The second-order valence-corrected chi connectivity index (χ2v) is 17.0. The van der Waals surface area contributed by atoms with Crippen LogP contribution in [0.1, 0.15) is 95.7 Å². The Morgan fingerprint density at radius 3 is 1.52 bits per heavy atom. The molecule has 0 saturated carbocycles. The average Bonchev–Trinajstić information content (AvgIpc) is 3.01. The highest BCUT2D eigenvalue weighted by atomic mass is 31.1. The van der Waals surface area contributed by atoms with Crippen LogP contribution in [0.15, 0.2) is 48.5 Å². The lowest BCUT2D eigenvalue weighted by Gasteiger charge is -2.29. The molecule has 9 heteroatoms. The van der Waals surface area contributed by atoms with Gasteiger partial charge in [-0.25, -0.2) is 4.79 Å². The summed E-state index contributed by atoms with van der Waals surface area (Å²) in [5.74, 6) is 2.86. The van der Waals surface area contributed by atoms with Crippen LogP contribution in [0.5, 0.6) is 34.5 Å². The van der Waals surface area contributed by atoms with E-state index in [0.717, 1.165) is 38.9 Å². The van der Waals surface area contributed by atoms with Gasteiger partial charge in [-0.1, -0.05) is 53.7 Å². The zero-order chi connectivity index (χ0) is 38.9. The van der Waals surface area contributed by atoms with Crippen LogP contribution in [0.4, 0.5) is 4.79 Å². The molecule has 1 N–H and O–H groups in total. The number of carbonyl (C=O) groups excluding carboxylic acids is 1. The van der Waals surface area contributed by atoms with Gasteiger partial charge in [0, 0.05) is 33.4 Å². The molecule has 52 heavy (non-hydrogen) atoms. The predicted octanol–water partition coefficient (Wildman–Crippen LogP) is 11.9. The summed E-state index contributed by atoms with van der Waals surface area (Å²) in [4.78, 5) is 13.3. The zero-order valence-electron chi connectivity index (χ0n) is 33.4. The van der Waals surface area contributed by atoms with Crippen molar-refractivity contribution in [3.8, 4) is 56.8 Å². The topological polar surface area (TPSA) is 92.7 Å². The molecule has 4 aromatic rings. The molecule has 0 amide bonds. The van der Waals surface area contributed by atoms with Gasteiger partial charge in [0.2, 0.25) is 0 Å². The van der Waals surface area contributed by atoms with Crippen LogP contribution in [-0.4, -0.2) is 31.1 Å². The van der Waals surface area contributed by atoms with Gasteiger partial charge in [-0.2, -0.15) is 0 Å². The molecule has 0 aliphatic heterocycles. The van der Waals surface area contributed by atoms with E-state index in [4.69, 9.17) is 28.0 Å². The maximum Gasteiger partial charge on any atom is 0.514 e. The van der Waals surface area contributed by atoms with Gasteiger partial charge in [0.15, 0.2) is 0 Å². The lowest BCUT2D eigenvalue weighted by molar-refractivity contribution is 0.0204. The number of hydrogen-bond acceptors (Lipinski definition) is 8. The Morgan fingerprint density at radius 2 is 1.02 bits per heavy atom. The van der Waals surface area contributed by atoms with E-state index in [-0.39, 0.29) is 5.75 Å². The molecule has 8 nitrogen and oxygen atoms in total. The summed E-state index contributed by atoms with van der Waals surface area (Å²) in [5, 5.41) is 11.1. The Balaban J connectivity index is 1.95. The number of phenolic OH excluding ortho intramolecular Hbond substituents is 1. The first-order chi connectivity index (χ1) is 24.0. The van der Waals surface area contributed by atoms with Crippen LogP contribution >= 0.6 is 9.03 Å². The van der Waals surface area contributed by atoms with Gasteiger partial charge < -0.3 is 33.1 Å². The van der Waals surface area contributed by atoms with E-state index in [1.165, 1.54) is 0 Å². The fourth-order valence-corrected chi connectivity index (χ4v) is 6.79. The maximum absolute atomic E-state index is 13.3. The summed E-state index contributed by atoms with van der Waals surface area (Å²) in [7, 11) is 2.73. The molecule has 0 heterocycles. The molecule has 0 saturated heterocycles. The second-order valence-electron chi connectivity index (χ2n) is 16.4. The number of ether oxygens (including phenoxy) is 4. The van der Waals surface area contributed by atoms with Gasteiger partial charge in [-0.15, -0.1) is 0 Å². The molecule has 4 aromatic carbocycles. The number of hydrogen-bond donors (Lipinski definition) is 1. The molecular weight excluding hydrogens is 675 g/mol. The summed E-state index contributed by atoms with van der Waals surface area (Å²) in [6, 6.07) is 15.5. The molecule has 0 spiro atoms. The summed E-state index contributed by atoms with van der Waals surface area (Å²) in [5.41, 5.74) is 6.38. The van der Waals surface area contributed by atoms with Crippen molar-refractivity contribution >= 4 is 15.2 Å². The van der Waals surface area contributed by atoms with E-state index < -0.39 is 31.6 Å². The summed E-state index contributed by atoms with van der Waals surface area (Å²) in [6.45, 7) is 25.7. The van der Waals surface area contributed by atoms with E-state index in [9.17, 15) is 9.90 Å². The van der Waals surface area contributed by atoms with Crippen LogP contribution in [-0.2, 0) is 15.6 Å². The molecule has 0 fully saturated rings. The van der Waals surface area contributed by atoms with Gasteiger partial charge in [0.1, 0.15) is 40.1 Å².